The van der Waals surface area contributed by atoms with Gasteiger partial charge < -0.3 is 5.32 Å². The molecular formula is C19H22N8OS. The van der Waals surface area contributed by atoms with E-state index in [0.29, 0.717) is 11.9 Å². The third-order valence-electron chi connectivity index (χ3n) is 5.56. The number of nitrogens with one attached hydrogen (secondary N) is 1. The smallest absolute Gasteiger partial charge is 0.267 e. The molecular weight excluding hydrogens is 388 g/mol. The van der Waals surface area contributed by atoms with E-state index in [0.717, 1.165) is 55.1 Å². The van der Waals surface area contributed by atoms with Gasteiger partial charge in [-0.25, -0.2) is 14.3 Å². The van der Waals surface area contributed by atoms with Gasteiger partial charge in [0.15, 0.2) is 5.82 Å². The summed E-state index contributed by atoms with van der Waals surface area (Å²) in [6.45, 7) is 0. The molecule has 29 heavy (non-hydrogen) atoms. The molecule has 0 amide bonds. The fraction of sp³-hybridized carbons (Fsp3) is 0.474. The van der Waals surface area contributed by atoms with Crippen LogP contribution >= 0.6 is 11.8 Å². The van der Waals surface area contributed by atoms with Gasteiger partial charge in [-0.2, -0.15) is 22.0 Å². The number of anilines is 1. The number of thioether (sulfide) groups is 1. The summed E-state index contributed by atoms with van der Waals surface area (Å²) in [4.78, 5) is 16.3. The lowest BCUT2D eigenvalue weighted by molar-refractivity contribution is 0.302. The van der Waals surface area contributed by atoms with Crippen LogP contribution in [0.15, 0.2) is 35.6 Å². The van der Waals surface area contributed by atoms with Gasteiger partial charge in [-0.15, -0.1) is 10.2 Å². The summed E-state index contributed by atoms with van der Waals surface area (Å²) in [6, 6.07) is 5.80. The van der Waals surface area contributed by atoms with Crippen LogP contribution in [0.2, 0.25) is 0 Å². The molecule has 9 nitrogen and oxygen atoms in total. The van der Waals surface area contributed by atoms with Crippen LogP contribution in [0.25, 0.3) is 5.82 Å². The maximum absolute atomic E-state index is 12.4. The maximum atomic E-state index is 12.4. The van der Waals surface area contributed by atoms with E-state index in [9.17, 15) is 4.79 Å². The lowest BCUT2D eigenvalue weighted by Crippen LogP contribution is -2.33. The SMILES string of the molecule is O=c1ccc(-n2cncn2)nn1C1CCC(Nc2cc3c(nn2)CCSC3)CC1. The van der Waals surface area contributed by atoms with Gasteiger partial charge in [0.1, 0.15) is 18.5 Å². The highest BCUT2D eigenvalue weighted by molar-refractivity contribution is 7.98. The minimum atomic E-state index is -0.0803. The Morgan fingerprint density at radius 2 is 2.03 bits per heavy atom. The largest absolute Gasteiger partial charge is 0.366 e. The molecule has 10 heteroatoms. The number of aromatic nitrogens is 7. The van der Waals surface area contributed by atoms with Crippen LogP contribution < -0.4 is 10.9 Å². The molecule has 1 saturated carbocycles. The summed E-state index contributed by atoms with van der Waals surface area (Å²) >= 11 is 1.95. The Morgan fingerprint density at radius 3 is 2.86 bits per heavy atom. The molecule has 4 heterocycles. The second-order valence-corrected chi connectivity index (χ2v) is 8.57. The Hall–Kier alpha value is -2.75. The van der Waals surface area contributed by atoms with Crippen molar-refractivity contribution in [3.05, 3.63) is 52.5 Å². The second kappa shape index (κ2) is 7.94. The maximum Gasteiger partial charge on any atom is 0.267 e. The van der Waals surface area contributed by atoms with Crippen LogP contribution in [-0.4, -0.2) is 46.5 Å². The van der Waals surface area contributed by atoms with Gasteiger partial charge in [-0.05, 0) is 49.1 Å². The van der Waals surface area contributed by atoms with Crippen LogP contribution in [-0.2, 0) is 12.2 Å². The lowest BCUT2D eigenvalue weighted by Gasteiger charge is -2.30. The molecule has 0 atom stereocenters. The van der Waals surface area contributed by atoms with E-state index in [1.165, 1.54) is 11.9 Å². The van der Waals surface area contributed by atoms with E-state index in [4.69, 9.17) is 0 Å². The molecule has 1 aliphatic heterocycles. The Labute approximate surface area is 172 Å². The fourth-order valence-electron chi connectivity index (χ4n) is 4.01. The number of aryl methyl sites for hydroxylation is 1. The van der Waals surface area contributed by atoms with Crippen molar-refractivity contribution in [3.63, 3.8) is 0 Å². The number of hydrogen-bond donors (Lipinski definition) is 1. The molecule has 2 aliphatic rings. The van der Waals surface area contributed by atoms with Crippen molar-refractivity contribution in [2.75, 3.05) is 11.1 Å². The normalized spacial score (nSPS) is 21.5. The first-order chi connectivity index (χ1) is 14.3. The predicted molar refractivity (Wildman–Crippen MR) is 110 cm³/mol. The highest BCUT2D eigenvalue weighted by Crippen LogP contribution is 2.30. The minimum Gasteiger partial charge on any atom is -0.366 e. The van der Waals surface area contributed by atoms with Crippen LogP contribution in [0.5, 0.6) is 0 Å². The zero-order valence-electron chi connectivity index (χ0n) is 15.9. The van der Waals surface area contributed by atoms with Crippen LogP contribution in [0.3, 0.4) is 0 Å². The summed E-state index contributed by atoms with van der Waals surface area (Å²) in [5, 5.41) is 20.9. The van der Waals surface area contributed by atoms with Gasteiger partial charge in [0.05, 0.1) is 11.7 Å². The van der Waals surface area contributed by atoms with E-state index in [1.54, 1.807) is 27.8 Å². The van der Waals surface area contributed by atoms with Crippen LogP contribution in [0.4, 0.5) is 5.82 Å². The monoisotopic (exact) mass is 410 g/mol. The standard InChI is InChI=1S/C19H22N8OS/c28-19-6-5-18(26-12-20-11-21-26)25-27(19)15-3-1-14(2-4-15)22-17-9-13-10-29-8-7-16(13)23-24-17/h5-6,9,11-12,14-15H,1-4,7-8,10H2,(H,22,24). The Morgan fingerprint density at radius 1 is 1.14 bits per heavy atom. The first kappa shape index (κ1) is 18.3. The van der Waals surface area contributed by atoms with Crippen LogP contribution in [0, 0.1) is 0 Å². The summed E-state index contributed by atoms with van der Waals surface area (Å²) in [7, 11) is 0. The van der Waals surface area contributed by atoms with Crippen molar-refractivity contribution in [2.45, 2.75) is 49.9 Å². The van der Waals surface area contributed by atoms with Crippen molar-refractivity contribution in [3.8, 4) is 5.82 Å². The highest BCUT2D eigenvalue weighted by Gasteiger charge is 2.25. The van der Waals surface area contributed by atoms with Gasteiger partial charge in [0, 0.05) is 24.3 Å². The number of fused-ring (bicyclic) bond motifs is 1. The third kappa shape index (κ3) is 3.89. The molecule has 5 rings (SSSR count). The molecule has 1 aliphatic carbocycles. The quantitative estimate of drug-likeness (QED) is 0.697. The summed E-state index contributed by atoms with van der Waals surface area (Å²) in [6.07, 6.45) is 7.74. The van der Waals surface area contributed by atoms with Gasteiger partial charge in [-0.3, -0.25) is 4.79 Å². The van der Waals surface area contributed by atoms with Crippen molar-refractivity contribution >= 4 is 17.6 Å². The second-order valence-electron chi connectivity index (χ2n) is 7.47. The number of nitrogens with zero attached hydrogens (tertiary/aromatic N) is 7. The highest BCUT2D eigenvalue weighted by atomic mass is 32.2. The third-order valence-corrected chi connectivity index (χ3v) is 6.57. The molecule has 3 aromatic heterocycles. The summed E-state index contributed by atoms with van der Waals surface area (Å²) in [5.74, 6) is 3.61. The van der Waals surface area contributed by atoms with Crippen molar-refractivity contribution in [1.29, 1.82) is 0 Å². The lowest BCUT2D eigenvalue weighted by atomic mass is 9.91. The average Bonchev–Trinajstić information content (AvgIpc) is 3.30. The van der Waals surface area contributed by atoms with Gasteiger partial charge >= 0.3 is 0 Å². The Kier molecular flexibility index (Phi) is 5.01. The van der Waals surface area contributed by atoms with E-state index in [2.05, 4.69) is 36.8 Å². The zero-order valence-corrected chi connectivity index (χ0v) is 16.8. The summed E-state index contributed by atoms with van der Waals surface area (Å²) < 4.78 is 3.17. The van der Waals surface area contributed by atoms with E-state index in [1.807, 2.05) is 11.8 Å². The van der Waals surface area contributed by atoms with Gasteiger partial charge in [0.2, 0.25) is 0 Å². The zero-order chi connectivity index (χ0) is 19.6. The molecule has 0 radical (unpaired) electrons. The van der Waals surface area contributed by atoms with E-state index in [-0.39, 0.29) is 11.6 Å². The van der Waals surface area contributed by atoms with E-state index < -0.39 is 0 Å². The number of hydrogen-bond acceptors (Lipinski definition) is 8. The van der Waals surface area contributed by atoms with Gasteiger partial charge in [-0.1, -0.05) is 0 Å². The van der Waals surface area contributed by atoms with Crippen molar-refractivity contribution in [2.24, 2.45) is 0 Å². The van der Waals surface area contributed by atoms with Gasteiger partial charge in [0.25, 0.3) is 5.56 Å². The minimum absolute atomic E-state index is 0.0803. The molecule has 0 aromatic carbocycles. The van der Waals surface area contributed by atoms with Crippen LogP contribution in [0.1, 0.15) is 43.0 Å². The van der Waals surface area contributed by atoms with E-state index >= 15 is 0 Å². The van der Waals surface area contributed by atoms with Crippen molar-refractivity contribution < 1.29 is 0 Å². The molecule has 0 saturated heterocycles. The number of rotatable bonds is 4. The molecule has 0 bridgehead atoms. The Bertz CT molecular complexity index is 1040. The first-order valence-electron chi connectivity index (χ1n) is 9.91. The molecule has 0 unspecified atom stereocenters. The first-order valence-corrected chi connectivity index (χ1v) is 11.1. The average molecular weight is 411 g/mol. The molecule has 1 fully saturated rings. The predicted octanol–water partition coefficient (Wildman–Crippen LogP) is 2.00. The topological polar surface area (TPSA) is 103 Å². The Balaban J connectivity index is 1.25. The fourth-order valence-corrected chi connectivity index (χ4v) is 4.96. The molecule has 3 aromatic rings. The summed E-state index contributed by atoms with van der Waals surface area (Å²) in [5.41, 5.74) is 2.35. The molecule has 1 N–H and O–H groups in total. The molecule has 150 valence electrons. The molecule has 0 spiro atoms. The van der Waals surface area contributed by atoms with Crippen molar-refractivity contribution in [1.82, 2.24) is 34.7 Å².